The summed E-state index contributed by atoms with van der Waals surface area (Å²) in [4.78, 5) is 22.2. The monoisotopic (exact) mass is 303 g/mol. The zero-order valence-corrected chi connectivity index (χ0v) is 11.2. The highest BCUT2D eigenvalue weighted by Gasteiger charge is 2.33. The number of sulfonamides is 1. The second kappa shape index (κ2) is 4.80. The normalized spacial score (nSPS) is 17.3. The van der Waals surface area contributed by atoms with E-state index in [2.05, 4.69) is 0 Å². The van der Waals surface area contributed by atoms with E-state index in [1.54, 1.807) is 0 Å². The van der Waals surface area contributed by atoms with Gasteiger partial charge in [0.1, 0.15) is 4.90 Å². The molecule has 0 radical (unpaired) electrons. The van der Waals surface area contributed by atoms with E-state index in [0.29, 0.717) is 5.02 Å². The van der Waals surface area contributed by atoms with Crippen LogP contribution in [0.1, 0.15) is 0 Å². The van der Waals surface area contributed by atoms with Crippen LogP contribution in [0.15, 0.2) is 23.1 Å². The third-order valence-electron chi connectivity index (χ3n) is 2.51. The zero-order chi connectivity index (χ0) is 14.2. The van der Waals surface area contributed by atoms with E-state index in [1.807, 2.05) is 5.32 Å². The molecule has 0 spiro atoms. The Labute approximate surface area is 114 Å². The number of nitrogens with zero attached hydrogens (tertiary/aromatic N) is 1. The molecule has 1 saturated heterocycles. The third kappa shape index (κ3) is 2.70. The van der Waals surface area contributed by atoms with E-state index in [0.717, 1.165) is 4.31 Å². The van der Waals surface area contributed by atoms with Crippen LogP contribution in [0.3, 0.4) is 0 Å². The second-order valence-electron chi connectivity index (χ2n) is 3.93. The van der Waals surface area contributed by atoms with Crippen molar-refractivity contribution >= 4 is 39.1 Å². The largest absolute Gasteiger partial charge is 0.398 e. The number of carbonyl (C=O) groups is 2. The molecule has 0 atom stereocenters. The number of rotatable bonds is 2. The Balaban J connectivity index is 2.42. The standard InChI is InChI=1S/C10H10ClN3O4S/c11-6-1-2-8(7(12)3-6)19(17,18)14-4-9(15)13-10(16)5-14/h1-3H,4-5,12H2,(H,13,15,16). The van der Waals surface area contributed by atoms with E-state index < -0.39 is 34.9 Å². The van der Waals surface area contributed by atoms with Crippen LogP contribution in [0.25, 0.3) is 0 Å². The number of nitrogen functional groups attached to an aromatic ring is 1. The quantitative estimate of drug-likeness (QED) is 0.569. The molecule has 102 valence electrons. The maximum atomic E-state index is 12.3. The number of carbonyl (C=O) groups excluding carboxylic acids is 2. The number of hydrogen-bond donors (Lipinski definition) is 2. The summed E-state index contributed by atoms with van der Waals surface area (Å²) in [5.74, 6) is -1.35. The fraction of sp³-hybridized carbons (Fsp3) is 0.200. The van der Waals surface area contributed by atoms with Gasteiger partial charge in [0, 0.05) is 5.02 Å². The maximum Gasteiger partial charge on any atom is 0.246 e. The number of imide groups is 1. The van der Waals surface area contributed by atoms with E-state index >= 15 is 0 Å². The molecular weight excluding hydrogens is 294 g/mol. The summed E-state index contributed by atoms with van der Waals surface area (Å²) in [5, 5.41) is 2.32. The summed E-state index contributed by atoms with van der Waals surface area (Å²) >= 11 is 5.69. The first-order valence-electron chi connectivity index (χ1n) is 5.18. The van der Waals surface area contributed by atoms with Gasteiger partial charge in [0.25, 0.3) is 0 Å². The molecule has 1 aliphatic rings. The van der Waals surface area contributed by atoms with E-state index in [4.69, 9.17) is 17.3 Å². The summed E-state index contributed by atoms with van der Waals surface area (Å²) in [6, 6.07) is 3.90. The van der Waals surface area contributed by atoms with Gasteiger partial charge in [0.2, 0.25) is 21.8 Å². The van der Waals surface area contributed by atoms with Crippen molar-refractivity contribution in [2.45, 2.75) is 4.90 Å². The Morgan fingerprint density at radius 3 is 2.32 bits per heavy atom. The van der Waals surface area contributed by atoms with Crippen LogP contribution in [0, 0.1) is 0 Å². The van der Waals surface area contributed by atoms with Crippen LogP contribution in [0.4, 0.5) is 5.69 Å². The number of piperazine rings is 1. The second-order valence-corrected chi connectivity index (χ2v) is 6.27. The molecule has 0 bridgehead atoms. The maximum absolute atomic E-state index is 12.3. The molecule has 2 amide bonds. The molecule has 9 heteroatoms. The first-order valence-corrected chi connectivity index (χ1v) is 7.00. The Bertz CT molecular complexity index is 643. The summed E-state index contributed by atoms with van der Waals surface area (Å²) < 4.78 is 25.3. The number of benzene rings is 1. The van der Waals surface area contributed by atoms with Crippen molar-refractivity contribution in [3.8, 4) is 0 Å². The first-order chi connectivity index (χ1) is 8.80. The number of anilines is 1. The van der Waals surface area contributed by atoms with Crippen molar-refractivity contribution in [1.82, 2.24) is 9.62 Å². The van der Waals surface area contributed by atoms with E-state index in [-0.39, 0.29) is 10.6 Å². The fourth-order valence-corrected chi connectivity index (χ4v) is 3.30. The minimum absolute atomic E-state index is 0.0362. The van der Waals surface area contributed by atoms with Crippen LogP contribution in [-0.2, 0) is 19.6 Å². The molecule has 19 heavy (non-hydrogen) atoms. The SMILES string of the molecule is Nc1cc(Cl)ccc1S(=O)(=O)N1CC(=O)NC(=O)C1. The summed E-state index contributed by atoms with van der Waals surface area (Å²) in [5.41, 5.74) is 5.57. The average molecular weight is 304 g/mol. The Kier molecular flexibility index (Phi) is 3.48. The van der Waals surface area contributed by atoms with Crippen molar-refractivity contribution in [2.75, 3.05) is 18.8 Å². The minimum Gasteiger partial charge on any atom is -0.398 e. The van der Waals surface area contributed by atoms with Crippen LogP contribution in [0.5, 0.6) is 0 Å². The fourth-order valence-electron chi connectivity index (χ4n) is 1.67. The minimum atomic E-state index is -4.01. The Morgan fingerprint density at radius 1 is 1.21 bits per heavy atom. The molecular formula is C10H10ClN3O4S. The Morgan fingerprint density at radius 2 is 1.79 bits per heavy atom. The number of amides is 2. The molecule has 0 unspecified atom stereocenters. The number of halogens is 1. The van der Waals surface area contributed by atoms with Gasteiger partial charge in [0.05, 0.1) is 18.8 Å². The van der Waals surface area contributed by atoms with Crippen molar-refractivity contribution in [3.05, 3.63) is 23.2 Å². The molecule has 1 aromatic rings. The van der Waals surface area contributed by atoms with Gasteiger partial charge in [-0.2, -0.15) is 4.31 Å². The van der Waals surface area contributed by atoms with Gasteiger partial charge in [-0.25, -0.2) is 8.42 Å². The zero-order valence-electron chi connectivity index (χ0n) is 9.59. The van der Waals surface area contributed by atoms with Gasteiger partial charge in [-0.3, -0.25) is 14.9 Å². The van der Waals surface area contributed by atoms with Crippen LogP contribution in [-0.4, -0.2) is 37.6 Å². The van der Waals surface area contributed by atoms with E-state index in [1.165, 1.54) is 18.2 Å². The molecule has 0 saturated carbocycles. The lowest BCUT2D eigenvalue weighted by atomic mass is 10.3. The number of hydrogen-bond acceptors (Lipinski definition) is 5. The molecule has 1 heterocycles. The molecule has 1 aromatic carbocycles. The van der Waals surface area contributed by atoms with Gasteiger partial charge < -0.3 is 5.73 Å². The molecule has 1 aliphatic heterocycles. The average Bonchev–Trinajstić information content (AvgIpc) is 2.26. The number of nitrogens with one attached hydrogen (secondary N) is 1. The lowest BCUT2D eigenvalue weighted by molar-refractivity contribution is -0.134. The van der Waals surface area contributed by atoms with Crippen molar-refractivity contribution in [1.29, 1.82) is 0 Å². The molecule has 2 rings (SSSR count). The number of nitrogens with two attached hydrogens (primary N) is 1. The lowest BCUT2D eigenvalue weighted by Gasteiger charge is -2.25. The topological polar surface area (TPSA) is 110 Å². The van der Waals surface area contributed by atoms with Gasteiger partial charge >= 0.3 is 0 Å². The summed E-state index contributed by atoms with van der Waals surface area (Å²) in [7, 11) is -4.01. The highest BCUT2D eigenvalue weighted by molar-refractivity contribution is 7.89. The molecule has 7 nitrogen and oxygen atoms in total. The summed E-state index contributed by atoms with van der Waals surface area (Å²) in [6.07, 6.45) is 0. The van der Waals surface area contributed by atoms with Crippen molar-refractivity contribution in [2.24, 2.45) is 0 Å². The highest BCUT2D eigenvalue weighted by atomic mass is 35.5. The van der Waals surface area contributed by atoms with Gasteiger partial charge in [-0.1, -0.05) is 11.6 Å². The van der Waals surface area contributed by atoms with Crippen LogP contribution >= 0.6 is 11.6 Å². The first kappa shape index (κ1) is 13.8. The van der Waals surface area contributed by atoms with Gasteiger partial charge in [-0.15, -0.1) is 0 Å². The molecule has 0 aromatic heterocycles. The summed E-state index contributed by atoms with van der Waals surface area (Å²) in [6.45, 7) is -0.841. The lowest BCUT2D eigenvalue weighted by Crippen LogP contribution is -2.53. The van der Waals surface area contributed by atoms with Crippen LogP contribution < -0.4 is 11.1 Å². The van der Waals surface area contributed by atoms with Gasteiger partial charge in [0.15, 0.2) is 0 Å². The smallest absolute Gasteiger partial charge is 0.246 e. The van der Waals surface area contributed by atoms with Crippen molar-refractivity contribution in [3.63, 3.8) is 0 Å². The predicted octanol–water partition coefficient (Wildman–Crippen LogP) is -0.431. The molecule has 1 fully saturated rings. The van der Waals surface area contributed by atoms with Crippen molar-refractivity contribution < 1.29 is 18.0 Å². The Hall–Kier alpha value is -1.64. The highest BCUT2D eigenvalue weighted by Crippen LogP contribution is 2.25. The molecule has 0 aliphatic carbocycles. The third-order valence-corrected chi connectivity index (χ3v) is 4.61. The predicted molar refractivity (Wildman–Crippen MR) is 67.8 cm³/mol. The molecule has 3 N–H and O–H groups in total. The van der Waals surface area contributed by atoms with Gasteiger partial charge in [-0.05, 0) is 18.2 Å². The van der Waals surface area contributed by atoms with Crippen LogP contribution in [0.2, 0.25) is 5.02 Å². The van der Waals surface area contributed by atoms with E-state index in [9.17, 15) is 18.0 Å².